The predicted octanol–water partition coefficient (Wildman–Crippen LogP) is 1.11. The molecular weight excluding hydrogens is 275 g/mol. The Balaban J connectivity index is 2.11. The van der Waals surface area contributed by atoms with E-state index in [9.17, 15) is 9.18 Å². The van der Waals surface area contributed by atoms with E-state index in [4.69, 9.17) is 10.3 Å². The SMILES string of the molecule is CC(C)(c1ccc(F)cc1)c1noc(CNCC(N)=O)n1. The second kappa shape index (κ2) is 6.01. The Bertz CT molecular complexity index is 622. The van der Waals surface area contributed by atoms with Crippen molar-refractivity contribution >= 4 is 5.91 Å². The summed E-state index contributed by atoms with van der Waals surface area (Å²) in [5.74, 6) is 0.104. The van der Waals surface area contributed by atoms with E-state index in [1.165, 1.54) is 12.1 Å². The van der Waals surface area contributed by atoms with Crippen LogP contribution in [0.3, 0.4) is 0 Å². The zero-order valence-electron chi connectivity index (χ0n) is 11.9. The van der Waals surface area contributed by atoms with E-state index in [1.54, 1.807) is 12.1 Å². The number of carbonyl (C=O) groups excluding carboxylic acids is 1. The van der Waals surface area contributed by atoms with Gasteiger partial charge in [0.2, 0.25) is 11.8 Å². The first kappa shape index (κ1) is 15.1. The van der Waals surface area contributed by atoms with Crippen LogP contribution in [0.4, 0.5) is 4.39 Å². The molecule has 0 unspecified atom stereocenters. The number of rotatable bonds is 6. The fourth-order valence-electron chi connectivity index (χ4n) is 1.87. The van der Waals surface area contributed by atoms with Crippen LogP contribution in [0.25, 0.3) is 0 Å². The molecule has 0 aliphatic heterocycles. The molecule has 0 aliphatic carbocycles. The van der Waals surface area contributed by atoms with Crippen molar-refractivity contribution in [1.82, 2.24) is 15.5 Å². The summed E-state index contributed by atoms with van der Waals surface area (Å²) in [7, 11) is 0. The Morgan fingerprint density at radius 1 is 1.38 bits per heavy atom. The zero-order valence-corrected chi connectivity index (χ0v) is 11.9. The van der Waals surface area contributed by atoms with Crippen molar-refractivity contribution < 1.29 is 13.7 Å². The number of hydrogen-bond acceptors (Lipinski definition) is 5. The van der Waals surface area contributed by atoms with Gasteiger partial charge in [-0.15, -0.1) is 0 Å². The minimum Gasteiger partial charge on any atom is -0.369 e. The Kier molecular flexibility index (Phi) is 4.32. The summed E-state index contributed by atoms with van der Waals surface area (Å²) < 4.78 is 18.1. The molecule has 0 bridgehead atoms. The second-order valence-corrected chi connectivity index (χ2v) is 5.21. The fraction of sp³-hybridized carbons (Fsp3) is 0.357. The van der Waals surface area contributed by atoms with Crippen LogP contribution in [0, 0.1) is 5.82 Å². The van der Waals surface area contributed by atoms with Crippen LogP contribution in [-0.4, -0.2) is 22.6 Å². The highest BCUT2D eigenvalue weighted by Gasteiger charge is 2.28. The van der Waals surface area contributed by atoms with Crippen molar-refractivity contribution in [2.24, 2.45) is 5.73 Å². The lowest BCUT2D eigenvalue weighted by atomic mass is 9.84. The largest absolute Gasteiger partial charge is 0.369 e. The lowest BCUT2D eigenvalue weighted by molar-refractivity contribution is -0.117. The quantitative estimate of drug-likeness (QED) is 0.831. The van der Waals surface area contributed by atoms with Gasteiger partial charge in [0.05, 0.1) is 18.5 Å². The second-order valence-electron chi connectivity index (χ2n) is 5.21. The molecule has 0 aliphatic rings. The Labute approximate surface area is 121 Å². The van der Waals surface area contributed by atoms with Crippen LogP contribution < -0.4 is 11.1 Å². The Morgan fingerprint density at radius 3 is 2.67 bits per heavy atom. The molecular formula is C14H17FN4O2. The fourth-order valence-corrected chi connectivity index (χ4v) is 1.87. The third kappa shape index (κ3) is 3.63. The van der Waals surface area contributed by atoms with Crippen molar-refractivity contribution in [2.45, 2.75) is 25.8 Å². The van der Waals surface area contributed by atoms with Crippen molar-refractivity contribution in [2.75, 3.05) is 6.54 Å². The van der Waals surface area contributed by atoms with E-state index >= 15 is 0 Å². The van der Waals surface area contributed by atoms with E-state index in [0.717, 1.165) is 5.56 Å². The number of primary amides is 1. The van der Waals surface area contributed by atoms with Crippen LogP contribution in [0.5, 0.6) is 0 Å². The molecule has 0 atom stereocenters. The molecule has 0 saturated carbocycles. The molecule has 112 valence electrons. The molecule has 1 aromatic heterocycles. The number of benzene rings is 1. The van der Waals surface area contributed by atoms with Gasteiger partial charge in [-0.1, -0.05) is 17.3 Å². The molecule has 3 N–H and O–H groups in total. The standard InChI is InChI=1S/C14H17FN4O2/c1-14(2,9-3-5-10(15)6-4-9)13-18-12(21-19-13)8-17-7-11(16)20/h3-6,17H,7-8H2,1-2H3,(H2,16,20). The van der Waals surface area contributed by atoms with Crippen LogP contribution in [0.1, 0.15) is 31.1 Å². The molecule has 7 heteroatoms. The van der Waals surface area contributed by atoms with Gasteiger partial charge in [-0.05, 0) is 31.5 Å². The highest BCUT2D eigenvalue weighted by atomic mass is 19.1. The maximum absolute atomic E-state index is 13.0. The van der Waals surface area contributed by atoms with Crippen LogP contribution in [-0.2, 0) is 16.8 Å². The number of amides is 1. The maximum Gasteiger partial charge on any atom is 0.240 e. The molecule has 1 heterocycles. The number of nitrogens with one attached hydrogen (secondary N) is 1. The summed E-state index contributed by atoms with van der Waals surface area (Å²) in [6, 6.07) is 6.17. The molecule has 1 amide bonds. The lowest BCUT2D eigenvalue weighted by Crippen LogP contribution is -2.28. The minimum absolute atomic E-state index is 0.0407. The molecule has 21 heavy (non-hydrogen) atoms. The number of carbonyl (C=O) groups is 1. The topological polar surface area (TPSA) is 94.0 Å². The number of nitrogens with zero attached hydrogens (tertiary/aromatic N) is 2. The average Bonchev–Trinajstić information content (AvgIpc) is 2.88. The van der Waals surface area contributed by atoms with Crippen molar-refractivity contribution in [3.8, 4) is 0 Å². The summed E-state index contributed by atoms with van der Waals surface area (Å²) in [6.45, 7) is 4.14. The smallest absolute Gasteiger partial charge is 0.240 e. The highest BCUT2D eigenvalue weighted by Crippen LogP contribution is 2.29. The van der Waals surface area contributed by atoms with Crippen molar-refractivity contribution in [1.29, 1.82) is 0 Å². The molecule has 1 aromatic carbocycles. The summed E-state index contributed by atoms with van der Waals surface area (Å²) in [4.78, 5) is 14.9. The Morgan fingerprint density at radius 2 is 2.05 bits per heavy atom. The first-order valence-electron chi connectivity index (χ1n) is 6.47. The van der Waals surface area contributed by atoms with Crippen LogP contribution >= 0.6 is 0 Å². The van der Waals surface area contributed by atoms with E-state index in [1.807, 2.05) is 13.8 Å². The molecule has 0 fully saturated rings. The summed E-state index contributed by atoms with van der Waals surface area (Å²) >= 11 is 0. The first-order valence-corrected chi connectivity index (χ1v) is 6.47. The summed E-state index contributed by atoms with van der Waals surface area (Å²) in [5.41, 5.74) is 5.38. The van der Waals surface area contributed by atoms with Gasteiger partial charge in [0, 0.05) is 0 Å². The van der Waals surface area contributed by atoms with Gasteiger partial charge in [0.1, 0.15) is 5.82 Å². The number of hydrogen-bond donors (Lipinski definition) is 2. The number of halogens is 1. The minimum atomic E-state index is -0.515. The third-order valence-electron chi connectivity index (χ3n) is 3.17. The zero-order chi connectivity index (χ0) is 15.5. The predicted molar refractivity (Wildman–Crippen MR) is 73.7 cm³/mol. The molecule has 6 nitrogen and oxygen atoms in total. The van der Waals surface area contributed by atoms with Crippen molar-refractivity contribution in [3.05, 3.63) is 47.4 Å². The van der Waals surface area contributed by atoms with Gasteiger partial charge in [0.15, 0.2) is 5.82 Å². The van der Waals surface area contributed by atoms with Crippen LogP contribution in [0.15, 0.2) is 28.8 Å². The molecule has 0 saturated heterocycles. The highest BCUT2D eigenvalue weighted by molar-refractivity contribution is 5.75. The molecule has 0 spiro atoms. The van der Waals surface area contributed by atoms with E-state index in [-0.39, 0.29) is 18.9 Å². The number of nitrogens with two attached hydrogens (primary N) is 1. The summed E-state index contributed by atoms with van der Waals surface area (Å²) in [5, 5.41) is 6.74. The van der Waals surface area contributed by atoms with Gasteiger partial charge < -0.3 is 10.3 Å². The monoisotopic (exact) mass is 292 g/mol. The van der Waals surface area contributed by atoms with Gasteiger partial charge in [-0.25, -0.2) is 4.39 Å². The third-order valence-corrected chi connectivity index (χ3v) is 3.17. The average molecular weight is 292 g/mol. The normalized spacial score (nSPS) is 11.6. The van der Waals surface area contributed by atoms with Gasteiger partial charge in [-0.2, -0.15) is 4.98 Å². The van der Waals surface area contributed by atoms with Crippen LogP contribution in [0.2, 0.25) is 0 Å². The van der Waals surface area contributed by atoms with E-state index in [2.05, 4.69) is 15.5 Å². The number of aromatic nitrogens is 2. The summed E-state index contributed by atoms with van der Waals surface area (Å²) in [6.07, 6.45) is 0. The first-order chi connectivity index (χ1) is 9.89. The lowest BCUT2D eigenvalue weighted by Gasteiger charge is -2.20. The van der Waals surface area contributed by atoms with Gasteiger partial charge in [-0.3, -0.25) is 10.1 Å². The molecule has 0 radical (unpaired) electrons. The Hall–Kier alpha value is -2.28. The van der Waals surface area contributed by atoms with Gasteiger partial charge in [0.25, 0.3) is 0 Å². The van der Waals surface area contributed by atoms with Crippen molar-refractivity contribution in [3.63, 3.8) is 0 Å². The van der Waals surface area contributed by atoms with E-state index in [0.29, 0.717) is 11.7 Å². The van der Waals surface area contributed by atoms with E-state index < -0.39 is 11.3 Å². The maximum atomic E-state index is 13.0. The van der Waals surface area contributed by atoms with Gasteiger partial charge >= 0.3 is 0 Å². The molecule has 2 aromatic rings. The molecule has 2 rings (SSSR count).